The minimum absolute atomic E-state index is 0.111. The smallest absolute Gasteiger partial charge is 0.258 e. The molecule has 5 heteroatoms. The second-order valence-corrected chi connectivity index (χ2v) is 4.57. The fraction of sp³-hybridized carbons (Fsp3) is 0.500. The molecule has 0 radical (unpaired) electrons. The van der Waals surface area contributed by atoms with Gasteiger partial charge >= 0.3 is 0 Å². The van der Waals surface area contributed by atoms with E-state index in [9.17, 15) is 9.90 Å². The maximum atomic E-state index is 11.6. The van der Waals surface area contributed by atoms with Crippen LogP contribution in [0.5, 0.6) is 11.5 Å². The van der Waals surface area contributed by atoms with Crippen molar-refractivity contribution in [1.82, 2.24) is 5.32 Å². The second kappa shape index (κ2) is 6.99. The van der Waals surface area contributed by atoms with Gasteiger partial charge in [0.15, 0.2) is 18.1 Å². The van der Waals surface area contributed by atoms with Crippen LogP contribution in [0.25, 0.3) is 0 Å². The van der Waals surface area contributed by atoms with Gasteiger partial charge in [0.25, 0.3) is 5.91 Å². The fourth-order valence-corrected chi connectivity index (χ4v) is 1.35. The molecule has 0 fully saturated rings. The first-order chi connectivity index (χ1) is 8.98. The number of ether oxygens (including phenoxy) is 2. The van der Waals surface area contributed by atoms with Crippen molar-refractivity contribution in [2.45, 2.75) is 25.9 Å². The number of hydrogen-bond donors (Lipinski definition) is 2. The molecule has 0 saturated carbocycles. The van der Waals surface area contributed by atoms with E-state index in [2.05, 4.69) is 5.32 Å². The highest BCUT2D eigenvalue weighted by atomic mass is 16.5. The highest BCUT2D eigenvalue weighted by Crippen LogP contribution is 2.25. The molecule has 0 aliphatic carbocycles. The van der Waals surface area contributed by atoms with Crippen molar-refractivity contribution in [3.63, 3.8) is 0 Å². The lowest BCUT2D eigenvalue weighted by atomic mass is 10.0. The summed E-state index contributed by atoms with van der Waals surface area (Å²) in [4.78, 5) is 11.6. The molecular formula is C14H21NO4. The van der Waals surface area contributed by atoms with Gasteiger partial charge < -0.3 is 19.9 Å². The van der Waals surface area contributed by atoms with E-state index >= 15 is 0 Å². The molecule has 1 aromatic carbocycles. The number of para-hydroxylation sites is 2. The van der Waals surface area contributed by atoms with Gasteiger partial charge in [-0.15, -0.1) is 0 Å². The third-order valence-electron chi connectivity index (χ3n) is 2.86. The molecule has 0 heterocycles. The normalized spacial score (nSPS) is 13.5. The summed E-state index contributed by atoms with van der Waals surface area (Å²) < 4.78 is 10.5. The molecule has 0 spiro atoms. The van der Waals surface area contributed by atoms with Crippen LogP contribution < -0.4 is 14.8 Å². The minimum Gasteiger partial charge on any atom is -0.493 e. The highest BCUT2D eigenvalue weighted by molar-refractivity contribution is 5.77. The quantitative estimate of drug-likeness (QED) is 0.782. The number of hydrogen-bond acceptors (Lipinski definition) is 4. The molecule has 1 unspecified atom stereocenters. The van der Waals surface area contributed by atoms with E-state index in [1.807, 2.05) is 13.0 Å². The van der Waals surface area contributed by atoms with Crippen LogP contribution in [0, 0.1) is 0 Å². The van der Waals surface area contributed by atoms with Crippen LogP contribution in [0.3, 0.4) is 0 Å². The topological polar surface area (TPSA) is 67.8 Å². The molecule has 0 aromatic heterocycles. The molecule has 5 nitrogen and oxygen atoms in total. The Hall–Kier alpha value is -1.75. The summed E-state index contributed by atoms with van der Waals surface area (Å²) in [5.41, 5.74) is -0.889. The van der Waals surface area contributed by atoms with Crippen molar-refractivity contribution in [2.24, 2.45) is 0 Å². The standard InChI is InChI=1S/C14H21NO4/c1-4-14(2,17)10-15-13(16)9-19-12-8-6-5-7-11(12)18-3/h5-8,17H,4,9-10H2,1-3H3,(H,15,16). The lowest BCUT2D eigenvalue weighted by Crippen LogP contribution is -2.41. The Labute approximate surface area is 113 Å². The van der Waals surface area contributed by atoms with Gasteiger partial charge in [-0.2, -0.15) is 0 Å². The number of amides is 1. The van der Waals surface area contributed by atoms with Crippen molar-refractivity contribution in [3.05, 3.63) is 24.3 Å². The summed E-state index contributed by atoms with van der Waals surface area (Å²) >= 11 is 0. The van der Waals surface area contributed by atoms with Gasteiger partial charge in [-0.3, -0.25) is 4.79 Å². The molecule has 1 aromatic rings. The summed E-state index contributed by atoms with van der Waals surface area (Å²) in [5, 5.41) is 12.4. The van der Waals surface area contributed by atoms with Crippen molar-refractivity contribution in [3.8, 4) is 11.5 Å². The zero-order valence-corrected chi connectivity index (χ0v) is 11.6. The van der Waals surface area contributed by atoms with Crippen molar-refractivity contribution in [1.29, 1.82) is 0 Å². The maximum absolute atomic E-state index is 11.6. The Morgan fingerprint density at radius 3 is 2.58 bits per heavy atom. The fourth-order valence-electron chi connectivity index (χ4n) is 1.35. The average molecular weight is 267 g/mol. The van der Waals surface area contributed by atoms with Gasteiger partial charge in [0.2, 0.25) is 0 Å². The van der Waals surface area contributed by atoms with Crippen LogP contribution in [-0.4, -0.2) is 36.9 Å². The summed E-state index contributed by atoms with van der Waals surface area (Å²) in [6.07, 6.45) is 0.570. The molecule has 0 saturated heterocycles. The van der Waals surface area contributed by atoms with Gasteiger partial charge in [-0.25, -0.2) is 0 Å². The van der Waals surface area contributed by atoms with Gasteiger partial charge in [0.1, 0.15) is 0 Å². The van der Waals surface area contributed by atoms with Crippen LogP contribution in [0.2, 0.25) is 0 Å². The summed E-state index contributed by atoms with van der Waals surface area (Å²) in [6.45, 7) is 3.63. The molecule has 0 aliphatic rings. The van der Waals surface area contributed by atoms with E-state index in [4.69, 9.17) is 9.47 Å². The molecule has 0 bridgehead atoms. The lowest BCUT2D eigenvalue weighted by Gasteiger charge is -2.21. The SMILES string of the molecule is CCC(C)(O)CNC(=O)COc1ccccc1OC. The number of carbonyl (C=O) groups is 1. The van der Waals surface area contributed by atoms with E-state index in [-0.39, 0.29) is 19.1 Å². The maximum Gasteiger partial charge on any atom is 0.258 e. The number of methoxy groups -OCH3 is 1. The third-order valence-corrected chi connectivity index (χ3v) is 2.86. The van der Waals surface area contributed by atoms with Crippen LogP contribution in [-0.2, 0) is 4.79 Å². The molecule has 0 aliphatic heterocycles. The van der Waals surface area contributed by atoms with Gasteiger partial charge in [-0.05, 0) is 25.5 Å². The average Bonchev–Trinajstić information content (AvgIpc) is 2.43. The molecule has 1 amide bonds. The highest BCUT2D eigenvalue weighted by Gasteiger charge is 2.18. The van der Waals surface area contributed by atoms with E-state index in [0.29, 0.717) is 17.9 Å². The third kappa shape index (κ3) is 5.18. The predicted molar refractivity (Wildman–Crippen MR) is 72.4 cm³/mol. The summed E-state index contributed by atoms with van der Waals surface area (Å²) in [7, 11) is 1.54. The Bertz CT molecular complexity index is 418. The minimum atomic E-state index is -0.889. The largest absolute Gasteiger partial charge is 0.493 e. The molecule has 106 valence electrons. The van der Waals surface area contributed by atoms with Gasteiger partial charge in [-0.1, -0.05) is 19.1 Å². The van der Waals surface area contributed by atoms with Crippen molar-refractivity contribution >= 4 is 5.91 Å². The Morgan fingerprint density at radius 1 is 1.37 bits per heavy atom. The first kappa shape index (κ1) is 15.3. The molecule has 2 N–H and O–H groups in total. The number of rotatable bonds is 7. The van der Waals surface area contributed by atoms with E-state index in [1.54, 1.807) is 32.2 Å². The van der Waals surface area contributed by atoms with Crippen LogP contribution in [0.1, 0.15) is 20.3 Å². The van der Waals surface area contributed by atoms with Crippen LogP contribution in [0.15, 0.2) is 24.3 Å². The van der Waals surface area contributed by atoms with Crippen LogP contribution >= 0.6 is 0 Å². The molecule has 19 heavy (non-hydrogen) atoms. The zero-order valence-electron chi connectivity index (χ0n) is 11.6. The Morgan fingerprint density at radius 2 is 2.00 bits per heavy atom. The van der Waals surface area contributed by atoms with Crippen molar-refractivity contribution in [2.75, 3.05) is 20.3 Å². The predicted octanol–water partition coefficient (Wildman–Crippen LogP) is 1.35. The summed E-state index contributed by atoms with van der Waals surface area (Å²) in [5.74, 6) is 0.817. The number of nitrogens with one attached hydrogen (secondary N) is 1. The lowest BCUT2D eigenvalue weighted by molar-refractivity contribution is -0.124. The van der Waals surface area contributed by atoms with E-state index < -0.39 is 5.60 Å². The van der Waals surface area contributed by atoms with Gasteiger partial charge in [0.05, 0.1) is 12.7 Å². The summed E-state index contributed by atoms with van der Waals surface area (Å²) in [6, 6.07) is 7.12. The zero-order chi connectivity index (χ0) is 14.3. The van der Waals surface area contributed by atoms with Crippen molar-refractivity contribution < 1.29 is 19.4 Å². The number of aliphatic hydroxyl groups is 1. The monoisotopic (exact) mass is 267 g/mol. The van der Waals surface area contributed by atoms with Crippen LogP contribution in [0.4, 0.5) is 0 Å². The molecule has 1 atom stereocenters. The first-order valence-electron chi connectivity index (χ1n) is 6.23. The Balaban J connectivity index is 2.42. The number of benzene rings is 1. The van der Waals surface area contributed by atoms with Gasteiger partial charge in [0, 0.05) is 6.54 Å². The van der Waals surface area contributed by atoms with E-state index in [0.717, 1.165) is 0 Å². The van der Waals surface area contributed by atoms with E-state index in [1.165, 1.54) is 0 Å². The number of carbonyl (C=O) groups excluding carboxylic acids is 1. The Kier molecular flexibility index (Phi) is 5.63. The molecular weight excluding hydrogens is 246 g/mol. The second-order valence-electron chi connectivity index (χ2n) is 4.57. The molecule has 1 rings (SSSR count). The first-order valence-corrected chi connectivity index (χ1v) is 6.23.